The maximum atomic E-state index is 12.4. The van der Waals surface area contributed by atoms with E-state index in [0.29, 0.717) is 5.78 Å². The molecular formula is C16H22OS. The van der Waals surface area contributed by atoms with Crippen LogP contribution in [0.15, 0.2) is 11.4 Å². The molecule has 0 spiro atoms. The van der Waals surface area contributed by atoms with Gasteiger partial charge in [-0.3, -0.25) is 4.79 Å². The highest BCUT2D eigenvalue weighted by Crippen LogP contribution is 2.37. The van der Waals surface area contributed by atoms with Gasteiger partial charge in [0, 0.05) is 17.2 Å². The number of Topliss-reactive ketones (excluding diaryl/α,β-unsaturated/α-hetero) is 1. The minimum Gasteiger partial charge on any atom is -0.299 e. The van der Waals surface area contributed by atoms with E-state index in [1.54, 1.807) is 0 Å². The monoisotopic (exact) mass is 262 g/mol. The van der Waals surface area contributed by atoms with E-state index in [9.17, 15) is 4.79 Å². The Labute approximate surface area is 114 Å². The first-order chi connectivity index (χ1) is 8.84. The third-order valence-electron chi connectivity index (χ3n) is 4.71. The van der Waals surface area contributed by atoms with Crippen molar-refractivity contribution < 1.29 is 4.79 Å². The van der Waals surface area contributed by atoms with Crippen LogP contribution in [-0.4, -0.2) is 5.78 Å². The van der Waals surface area contributed by atoms with Gasteiger partial charge in [-0.2, -0.15) is 0 Å². The molecule has 1 aromatic heterocycles. The molecule has 1 nitrogen and oxygen atoms in total. The summed E-state index contributed by atoms with van der Waals surface area (Å²) in [6.07, 6.45) is 11.0. The summed E-state index contributed by atoms with van der Waals surface area (Å²) in [4.78, 5) is 13.9. The summed E-state index contributed by atoms with van der Waals surface area (Å²) in [5, 5.41) is 2.16. The van der Waals surface area contributed by atoms with Gasteiger partial charge in [0.25, 0.3) is 0 Å². The van der Waals surface area contributed by atoms with Crippen LogP contribution in [0.4, 0.5) is 0 Å². The molecule has 0 amide bonds. The average molecular weight is 262 g/mol. The van der Waals surface area contributed by atoms with Gasteiger partial charge in [0.15, 0.2) is 0 Å². The molecule has 0 radical (unpaired) electrons. The Morgan fingerprint density at radius 1 is 1.22 bits per heavy atom. The topological polar surface area (TPSA) is 17.1 Å². The summed E-state index contributed by atoms with van der Waals surface area (Å²) in [5.41, 5.74) is 1.36. The van der Waals surface area contributed by atoms with Crippen molar-refractivity contribution in [1.29, 1.82) is 0 Å². The zero-order chi connectivity index (χ0) is 12.4. The first-order valence-corrected chi connectivity index (χ1v) is 8.31. The van der Waals surface area contributed by atoms with Crippen molar-refractivity contribution in [2.24, 2.45) is 5.92 Å². The molecule has 0 aliphatic heterocycles. The number of thiophene rings is 1. The van der Waals surface area contributed by atoms with Crippen molar-refractivity contribution in [3.63, 3.8) is 0 Å². The van der Waals surface area contributed by atoms with Crippen molar-refractivity contribution in [1.82, 2.24) is 0 Å². The third-order valence-corrected chi connectivity index (χ3v) is 5.71. The van der Waals surface area contributed by atoms with Gasteiger partial charge in [-0.25, -0.2) is 0 Å². The van der Waals surface area contributed by atoms with Crippen LogP contribution in [0.5, 0.6) is 0 Å². The summed E-state index contributed by atoms with van der Waals surface area (Å²) in [5.74, 6) is 1.60. The molecule has 3 rings (SSSR count). The Morgan fingerprint density at radius 2 is 2.06 bits per heavy atom. The molecule has 2 aliphatic rings. The van der Waals surface area contributed by atoms with Gasteiger partial charge in [-0.05, 0) is 48.6 Å². The highest BCUT2D eigenvalue weighted by atomic mass is 32.1. The van der Waals surface area contributed by atoms with Crippen LogP contribution >= 0.6 is 11.3 Å². The van der Waals surface area contributed by atoms with Crippen LogP contribution < -0.4 is 0 Å². The molecule has 98 valence electrons. The van der Waals surface area contributed by atoms with E-state index in [1.807, 2.05) is 11.3 Å². The zero-order valence-electron chi connectivity index (χ0n) is 11.0. The van der Waals surface area contributed by atoms with Crippen molar-refractivity contribution in [2.75, 3.05) is 0 Å². The minimum absolute atomic E-state index is 0.237. The van der Waals surface area contributed by atoms with Gasteiger partial charge in [0.1, 0.15) is 5.78 Å². The largest absolute Gasteiger partial charge is 0.299 e. The Bertz CT molecular complexity index is 414. The number of hydrogen-bond donors (Lipinski definition) is 0. The lowest BCUT2D eigenvalue weighted by atomic mass is 9.82. The van der Waals surface area contributed by atoms with Gasteiger partial charge in [0.2, 0.25) is 0 Å². The Morgan fingerprint density at radius 3 is 2.89 bits per heavy atom. The Kier molecular flexibility index (Phi) is 3.83. The van der Waals surface area contributed by atoms with E-state index in [4.69, 9.17) is 0 Å². The molecule has 2 aliphatic carbocycles. The molecule has 0 saturated heterocycles. The smallest absolute Gasteiger partial charge is 0.140 e. The van der Waals surface area contributed by atoms with Gasteiger partial charge < -0.3 is 0 Å². The lowest BCUT2D eigenvalue weighted by molar-refractivity contribution is -0.121. The van der Waals surface area contributed by atoms with E-state index in [1.165, 1.54) is 49.0 Å². The van der Waals surface area contributed by atoms with Crippen molar-refractivity contribution in [3.05, 3.63) is 21.9 Å². The standard InChI is InChI=1S/C16H22OS/c17-15(9-8-12-4-1-2-5-12)13-6-3-7-16-14(13)10-11-18-16/h10-13H,1-9H2. The van der Waals surface area contributed by atoms with Crippen LogP contribution in [-0.2, 0) is 11.2 Å². The van der Waals surface area contributed by atoms with Crippen LogP contribution in [0.3, 0.4) is 0 Å². The first kappa shape index (κ1) is 12.4. The number of carbonyl (C=O) groups excluding carboxylic acids is 1. The van der Waals surface area contributed by atoms with Gasteiger partial charge in [-0.1, -0.05) is 25.7 Å². The van der Waals surface area contributed by atoms with Crippen molar-refractivity contribution in [3.8, 4) is 0 Å². The number of fused-ring (bicyclic) bond motifs is 1. The average Bonchev–Trinajstić information content (AvgIpc) is 3.05. The Hall–Kier alpha value is -0.630. The SMILES string of the molecule is O=C(CCC1CCCC1)C1CCCc2sccc21. The molecule has 0 aromatic carbocycles. The summed E-state index contributed by atoms with van der Waals surface area (Å²) in [6.45, 7) is 0. The second kappa shape index (κ2) is 5.56. The quantitative estimate of drug-likeness (QED) is 0.768. The fourth-order valence-electron chi connectivity index (χ4n) is 3.64. The zero-order valence-corrected chi connectivity index (χ0v) is 11.8. The third kappa shape index (κ3) is 2.54. The van der Waals surface area contributed by atoms with Gasteiger partial charge in [0.05, 0.1) is 0 Å². The number of hydrogen-bond acceptors (Lipinski definition) is 2. The van der Waals surface area contributed by atoms with E-state index in [-0.39, 0.29) is 5.92 Å². The number of rotatable bonds is 4. The lowest BCUT2D eigenvalue weighted by Crippen LogP contribution is -2.17. The van der Waals surface area contributed by atoms with E-state index in [0.717, 1.165) is 25.2 Å². The Balaban J connectivity index is 1.60. The van der Waals surface area contributed by atoms with E-state index < -0.39 is 0 Å². The first-order valence-electron chi connectivity index (χ1n) is 7.43. The van der Waals surface area contributed by atoms with Crippen LogP contribution in [0, 0.1) is 5.92 Å². The summed E-state index contributed by atoms with van der Waals surface area (Å²) < 4.78 is 0. The molecule has 1 aromatic rings. The van der Waals surface area contributed by atoms with Crippen molar-refractivity contribution in [2.45, 2.75) is 63.7 Å². The summed E-state index contributed by atoms with van der Waals surface area (Å²) >= 11 is 1.84. The predicted molar refractivity (Wildman–Crippen MR) is 76.2 cm³/mol. The van der Waals surface area contributed by atoms with Gasteiger partial charge >= 0.3 is 0 Å². The molecule has 1 unspecified atom stereocenters. The van der Waals surface area contributed by atoms with Crippen LogP contribution in [0.25, 0.3) is 0 Å². The predicted octanol–water partition coefficient (Wildman–Crippen LogP) is 4.71. The molecular weight excluding hydrogens is 240 g/mol. The summed E-state index contributed by atoms with van der Waals surface area (Å²) in [7, 11) is 0. The lowest BCUT2D eigenvalue weighted by Gasteiger charge is -2.22. The highest BCUT2D eigenvalue weighted by Gasteiger charge is 2.27. The normalized spacial score (nSPS) is 24.1. The number of ketones is 1. The fraction of sp³-hybridized carbons (Fsp3) is 0.688. The second-order valence-electron chi connectivity index (χ2n) is 5.90. The maximum absolute atomic E-state index is 12.4. The van der Waals surface area contributed by atoms with Crippen LogP contribution in [0.1, 0.15) is 67.7 Å². The molecule has 0 N–H and O–H groups in total. The van der Waals surface area contributed by atoms with Crippen LogP contribution in [0.2, 0.25) is 0 Å². The molecule has 1 heterocycles. The molecule has 1 fully saturated rings. The molecule has 0 bridgehead atoms. The number of aryl methyl sites for hydroxylation is 1. The van der Waals surface area contributed by atoms with E-state index >= 15 is 0 Å². The molecule has 18 heavy (non-hydrogen) atoms. The van der Waals surface area contributed by atoms with E-state index in [2.05, 4.69) is 11.4 Å². The molecule has 1 atom stereocenters. The van der Waals surface area contributed by atoms with Gasteiger partial charge in [-0.15, -0.1) is 11.3 Å². The minimum atomic E-state index is 0.237. The summed E-state index contributed by atoms with van der Waals surface area (Å²) in [6, 6.07) is 2.19. The second-order valence-corrected chi connectivity index (χ2v) is 6.90. The maximum Gasteiger partial charge on any atom is 0.140 e. The highest BCUT2D eigenvalue weighted by molar-refractivity contribution is 7.10. The van der Waals surface area contributed by atoms with Crippen molar-refractivity contribution >= 4 is 17.1 Å². The number of carbonyl (C=O) groups is 1. The molecule has 2 heteroatoms. The fourth-order valence-corrected chi connectivity index (χ4v) is 4.63. The molecule has 1 saturated carbocycles.